The normalized spacial score (nSPS) is 16.6. The Labute approximate surface area is 192 Å². The van der Waals surface area contributed by atoms with Gasteiger partial charge in [0.25, 0.3) is 11.8 Å². The van der Waals surface area contributed by atoms with Crippen LogP contribution in [0.15, 0.2) is 84.7 Å². The molecule has 0 aliphatic carbocycles. The van der Waals surface area contributed by atoms with Crippen molar-refractivity contribution in [3.8, 4) is 5.75 Å². The third-order valence-electron chi connectivity index (χ3n) is 6.02. The van der Waals surface area contributed by atoms with E-state index >= 15 is 0 Å². The number of piperazine rings is 1. The highest BCUT2D eigenvalue weighted by Crippen LogP contribution is 2.35. The Kier molecular flexibility index (Phi) is 5.52. The van der Waals surface area contributed by atoms with Crippen molar-refractivity contribution in [2.75, 3.05) is 43.1 Å². The lowest BCUT2D eigenvalue weighted by Gasteiger charge is -2.37. The zero-order valence-electron chi connectivity index (χ0n) is 18.3. The fourth-order valence-electron chi connectivity index (χ4n) is 4.34. The molecule has 33 heavy (non-hydrogen) atoms. The smallest absolute Gasteiger partial charge is 0.282 e. The summed E-state index contributed by atoms with van der Waals surface area (Å²) in [6, 6.07) is 22.2. The van der Waals surface area contributed by atoms with Gasteiger partial charge in [-0.2, -0.15) is 0 Å². The zero-order chi connectivity index (χ0) is 22.8. The molecule has 5 rings (SSSR count). The van der Waals surface area contributed by atoms with Gasteiger partial charge in [0, 0.05) is 32.4 Å². The summed E-state index contributed by atoms with van der Waals surface area (Å²) in [7, 11) is 1.60. The topological polar surface area (TPSA) is 66.0 Å². The van der Waals surface area contributed by atoms with Crippen molar-refractivity contribution in [1.29, 1.82) is 0 Å². The summed E-state index contributed by atoms with van der Waals surface area (Å²) in [6.07, 6.45) is 1.78. The number of hydrogen-bond acceptors (Lipinski definition) is 6. The lowest BCUT2D eigenvalue weighted by atomic mass is 10.0. The second-order valence-electron chi connectivity index (χ2n) is 7.90. The maximum Gasteiger partial charge on any atom is 0.282 e. The molecule has 166 valence electrons. The van der Waals surface area contributed by atoms with Crippen molar-refractivity contribution in [3.63, 3.8) is 0 Å². The molecule has 1 saturated heterocycles. The summed E-state index contributed by atoms with van der Waals surface area (Å²) in [5.74, 6) is 1.02. The van der Waals surface area contributed by atoms with E-state index in [1.807, 2.05) is 65.6 Å². The molecule has 0 bridgehead atoms. The predicted molar refractivity (Wildman–Crippen MR) is 127 cm³/mol. The molecule has 0 N–H and O–H groups in total. The van der Waals surface area contributed by atoms with Crippen LogP contribution in [0.25, 0.3) is 5.57 Å². The van der Waals surface area contributed by atoms with E-state index in [2.05, 4.69) is 9.88 Å². The van der Waals surface area contributed by atoms with E-state index in [9.17, 15) is 9.59 Å². The number of hydrogen-bond donors (Lipinski definition) is 0. The van der Waals surface area contributed by atoms with Gasteiger partial charge in [0.2, 0.25) is 0 Å². The zero-order valence-corrected chi connectivity index (χ0v) is 18.3. The summed E-state index contributed by atoms with van der Waals surface area (Å²) in [6.45, 7) is 2.66. The Bertz CT molecular complexity index is 1190. The molecule has 7 nitrogen and oxygen atoms in total. The number of carbonyl (C=O) groups is 2. The van der Waals surface area contributed by atoms with Gasteiger partial charge >= 0.3 is 0 Å². The van der Waals surface area contributed by atoms with Gasteiger partial charge in [0.1, 0.15) is 17.3 Å². The van der Waals surface area contributed by atoms with Gasteiger partial charge in [-0.1, -0.05) is 36.4 Å². The Hall–Kier alpha value is -4.13. The van der Waals surface area contributed by atoms with Crippen molar-refractivity contribution in [2.24, 2.45) is 0 Å². The maximum atomic E-state index is 13.6. The van der Waals surface area contributed by atoms with E-state index < -0.39 is 0 Å². The average molecular weight is 441 g/mol. The third-order valence-corrected chi connectivity index (χ3v) is 6.02. The highest BCUT2D eigenvalue weighted by Gasteiger charge is 2.43. The van der Waals surface area contributed by atoms with E-state index in [0.717, 1.165) is 5.82 Å². The number of pyridine rings is 1. The second-order valence-corrected chi connectivity index (χ2v) is 7.90. The minimum absolute atomic E-state index is 0.289. The number of methoxy groups -OCH3 is 1. The lowest BCUT2D eigenvalue weighted by molar-refractivity contribution is -0.120. The fourth-order valence-corrected chi connectivity index (χ4v) is 4.34. The van der Waals surface area contributed by atoms with Crippen molar-refractivity contribution in [1.82, 2.24) is 9.88 Å². The minimum atomic E-state index is -0.307. The van der Waals surface area contributed by atoms with Crippen LogP contribution in [-0.4, -0.2) is 55.0 Å². The van der Waals surface area contributed by atoms with Gasteiger partial charge in [-0.25, -0.2) is 9.88 Å². The molecule has 0 unspecified atom stereocenters. The molecular weight excluding hydrogens is 416 g/mol. The molecule has 2 aromatic carbocycles. The molecule has 2 aliphatic rings. The van der Waals surface area contributed by atoms with Crippen LogP contribution in [0.4, 0.5) is 11.5 Å². The predicted octanol–water partition coefficient (Wildman–Crippen LogP) is 3.20. The van der Waals surface area contributed by atoms with Crippen LogP contribution in [0, 0.1) is 0 Å². The second kappa shape index (κ2) is 8.78. The van der Waals surface area contributed by atoms with Crippen LogP contribution in [0.1, 0.15) is 5.56 Å². The summed E-state index contributed by atoms with van der Waals surface area (Å²) < 4.78 is 5.27. The number of amides is 2. The first-order valence-electron chi connectivity index (χ1n) is 10.9. The van der Waals surface area contributed by atoms with E-state index in [1.54, 1.807) is 25.4 Å². The number of imide groups is 1. The van der Waals surface area contributed by atoms with Gasteiger partial charge in [0.15, 0.2) is 0 Å². The number of rotatable bonds is 5. The first-order chi connectivity index (χ1) is 16.2. The van der Waals surface area contributed by atoms with Crippen molar-refractivity contribution in [2.45, 2.75) is 0 Å². The van der Waals surface area contributed by atoms with Gasteiger partial charge in [-0.05, 0) is 42.0 Å². The molecule has 0 radical (unpaired) electrons. The highest BCUT2D eigenvalue weighted by molar-refractivity contribution is 6.45. The third kappa shape index (κ3) is 3.82. The molecule has 1 aromatic heterocycles. The Morgan fingerprint density at radius 2 is 1.42 bits per heavy atom. The standard InChI is InChI=1S/C26H24N4O3/c1-33-21-12-10-19(11-13-21)23-24(26(32)30(25(23)31)20-7-3-2-4-8-20)29-17-15-28(16-18-29)22-9-5-6-14-27-22/h2-14H,15-18H2,1H3. The molecule has 7 heteroatoms. The number of nitrogens with zero attached hydrogens (tertiary/aromatic N) is 4. The van der Waals surface area contributed by atoms with Crippen LogP contribution in [0.2, 0.25) is 0 Å². The number of anilines is 2. The largest absolute Gasteiger partial charge is 0.497 e. The monoisotopic (exact) mass is 440 g/mol. The number of aromatic nitrogens is 1. The quantitative estimate of drug-likeness (QED) is 0.568. The number of para-hydroxylation sites is 1. The molecule has 0 atom stereocenters. The first-order valence-corrected chi connectivity index (χ1v) is 10.9. The summed E-state index contributed by atoms with van der Waals surface area (Å²) >= 11 is 0. The molecule has 3 heterocycles. The number of ether oxygens (including phenoxy) is 1. The first kappa shape index (κ1) is 20.8. The molecule has 2 amide bonds. The Morgan fingerprint density at radius 1 is 0.758 bits per heavy atom. The molecule has 0 saturated carbocycles. The molecule has 3 aromatic rings. The molecule has 0 spiro atoms. The maximum absolute atomic E-state index is 13.6. The van der Waals surface area contributed by atoms with Crippen LogP contribution in [0.3, 0.4) is 0 Å². The fraction of sp³-hybridized carbons (Fsp3) is 0.192. The van der Waals surface area contributed by atoms with Gasteiger partial charge < -0.3 is 14.5 Å². The van der Waals surface area contributed by atoms with Gasteiger partial charge in [-0.15, -0.1) is 0 Å². The summed E-state index contributed by atoms with van der Waals surface area (Å²) in [5.41, 5.74) is 2.16. The summed E-state index contributed by atoms with van der Waals surface area (Å²) in [5, 5.41) is 0. The van der Waals surface area contributed by atoms with Crippen LogP contribution in [-0.2, 0) is 9.59 Å². The van der Waals surface area contributed by atoms with E-state index in [-0.39, 0.29) is 11.8 Å². The molecular formula is C26H24N4O3. The van der Waals surface area contributed by atoms with Crippen LogP contribution in [0.5, 0.6) is 5.75 Å². The van der Waals surface area contributed by atoms with E-state index in [4.69, 9.17) is 4.74 Å². The number of carbonyl (C=O) groups excluding carboxylic acids is 2. The molecule has 1 fully saturated rings. The van der Waals surface area contributed by atoms with E-state index in [1.165, 1.54) is 4.90 Å². The Morgan fingerprint density at radius 3 is 2.06 bits per heavy atom. The lowest BCUT2D eigenvalue weighted by Crippen LogP contribution is -2.48. The SMILES string of the molecule is COc1ccc(C2=C(N3CCN(c4ccccn4)CC3)C(=O)N(c3ccccc3)C2=O)cc1. The molecule has 2 aliphatic heterocycles. The summed E-state index contributed by atoms with van der Waals surface area (Å²) in [4.78, 5) is 37.1. The highest BCUT2D eigenvalue weighted by atomic mass is 16.5. The van der Waals surface area contributed by atoms with Crippen molar-refractivity contribution in [3.05, 3.63) is 90.3 Å². The van der Waals surface area contributed by atoms with E-state index in [0.29, 0.717) is 54.4 Å². The van der Waals surface area contributed by atoms with Gasteiger partial charge in [0.05, 0.1) is 18.4 Å². The van der Waals surface area contributed by atoms with Crippen LogP contribution >= 0.6 is 0 Å². The minimum Gasteiger partial charge on any atom is -0.497 e. The van der Waals surface area contributed by atoms with Crippen molar-refractivity contribution >= 4 is 28.9 Å². The average Bonchev–Trinajstić information content (AvgIpc) is 3.15. The Balaban J connectivity index is 1.50. The number of benzene rings is 2. The van der Waals surface area contributed by atoms with Crippen molar-refractivity contribution < 1.29 is 14.3 Å². The van der Waals surface area contributed by atoms with Crippen LogP contribution < -0.4 is 14.5 Å². The van der Waals surface area contributed by atoms with Gasteiger partial charge in [-0.3, -0.25) is 9.59 Å².